The molecule has 0 unspecified atom stereocenters. The van der Waals surface area contributed by atoms with E-state index in [1.807, 2.05) is 0 Å². The van der Waals surface area contributed by atoms with Gasteiger partial charge >= 0.3 is 0 Å². The van der Waals surface area contributed by atoms with Gasteiger partial charge in [-0.15, -0.1) is 0 Å². The Bertz CT molecular complexity index is 425. The van der Waals surface area contributed by atoms with Gasteiger partial charge in [-0.2, -0.15) is 4.31 Å². The Labute approximate surface area is 90.8 Å². The molecule has 2 N–H and O–H groups in total. The van der Waals surface area contributed by atoms with E-state index in [1.165, 1.54) is 10.4 Å². The number of anilines is 1. The van der Waals surface area contributed by atoms with Gasteiger partial charge in [0.15, 0.2) is 0 Å². The van der Waals surface area contributed by atoms with Crippen LogP contribution in [0.4, 0.5) is 5.69 Å². The minimum Gasteiger partial charge on any atom is -0.398 e. The summed E-state index contributed by atoms with van der Waals surface area (Å²) in [6, 6.07) is 6.52. The Hall–Kier alpha value is -1.07. The lowest BCUT2D eigenvalue weighted by molar-refractivity contribution is 0.445. The Morgan fingerprint density at radius 3 is 2.20 bits per heavy atom. The molecule has 1 aromatic rings. The van der Waals surface area contributed by atoms with E-state index in [4.69, 9.17) is 5.73 Å². The summed E-state index contributed by atoms with van der Waals surface area (Å²) in [5.74, 6) is 0. The van der Waals surface area contributed by atoms with Crippen LogP contribution in [-0.2, 0) is 10.0 Å². The van der Waals surface area contributed by atoms with Gasteiger partial charge in [0, 0.05) is 13.1 Å². The first-order chi connectivity index (χ1) is 7.04. The summed E-state index contributed by atoms with van der Waals surface area (Å²) in [4.78, 5) is 0.189. The van der Waals surface area contributed by atoms with Crippen LogP contribution in [0.2, 0.25) is 0 Å². The lowest BCUT2D eigenvalue weighted by atomic mass is 10.3. The summed E-state index contributed by atoms with van der Waals surface area (Å²) < 4.78 is 25.5. The summed E-state index contributed by atoms with van der Waals surface area (Å²) in [6.45, 7) is 4.51. The average molecular weight is 228 g/mol. The number of para-hydroxylation sites is 1. The highest BCUT2D eigenvalue weighted by molar-refractivity contribution is 7.89. The molecule has 0 aromatic heterocycles. The molecule has 4 nitrogen and oxygen atoms in total. The molecule has 0 radical (unpaired) electrons. The van der Waals surface area contributed by atoms with Gasteiger partial charge in [0.1, 0.15) is 4.90 Å². The van der Waals surface area contributed by atoms with Gasteiger partial charge in [-0.1, -0.05) is 26.0 Å². The minimum atomic E-state index is -3.42. The Kier molecular flexibility index (Phi) is 3.71. The zero-order valence-corrected chi connectivity index (χ0v) is 9.79. The summed E-state index contributed by atoms with van der Waals surface area (Å²) in [7, 11) is -3.42. The van der Waals surface area contributed by atoms with Crippen molar-refractivity contribution in [3.63, 3.8) is 0 Å². The van der Waals surface area contributed by atoms with Gasteiger partial charge in [0.2, 0.25) is 10.0 Å². The van der Waals surface area contributed by atoms with Gasteiger partial charge in [-0.25, -0.2) is 8.42 Å². The molecule has 0 saturated heterocycles. The van der Waals surface area contributed by atoms with E-state index < -0.39 is 10.0 Å². The molecule has 84 valence electrons. The van der Waals surface area contributed by atoms with E-state index in [2.05, 4.69) is 0 Å². The molecule has 0 saturated carbocycles. The number of nitrogens with two attached hydrogens (primary N) is 1. The molecule has 0 spiro atoms. The van der Waals surface area contributed by atoms with Crippen molar-refractivity contribution in [3.05, 3.63) is 24.3 Å². The fraction of sp³-hybridized carbons (Fsp3) is 0.400. The van der Waals surface area contributed by atoms with Gasteiger partial charge in [0.05, 0.1) is 5.69 Å². The van der Waals surface area contributed by atoms with Crippen LogP contribution in [0.5, 0.6) is 0 Å². The van der Waals surface area contributed by atoms with Crippen molar-refractivity contribution in [2.45, 2.75) is 18.7 Å². The van der Waals surface area contributed by atoms with Crippen molar-refractivity contribution in [3.8, 4) is 0 Å². The van der Waals surface area contributed by atoms with Gasteiger partial charge < -0.3 is 5.73 Å². The third-order valence-electron chi connectivity index (χ3n) is 2.24. The lowest BCUT2D eigenvalue weighted by Gasteiger charge is -2.19. The van der Waals surface area contributed by atoms with Crippen molar-refractivity contribution < 1.29 is 8.42 Å². The molecule has 1 aromatic carbocycles. The SMILES string of the molecule is CCN(CC)S(=O)(=O)c1ccccc1N. The Balaban J connectivity index is 3.23. The third kappa shape index (κ3) is 2.30. The second kappa shape index (κ2) is 4.63. The van der Waals surface area contributed by atoms with E-state index in [0.29, 0.717) is 18.8 Å². The molecule has 0 bridgehead atoms. The van der Waals surface area contributed by atoms with E-state index in [0.717, 1.165) is 0 Å². The predicted molar refractivity (Wildman–Crippen MR) is 61.0 cm³/mol. The molecule has 0 heterocycles. The zero-order valence-electron chi connectivity index (χ0n) is 8.97. The summed E-state index contributed by atoms with van der Waals surface area (Å²) in [5, 5.41) is 0. The van der Waals surface area contributed by atoms with Crippen molar-refractivity contribution in [2.75, 3.05) is 18.8 Å². The number of hydrogen-bond donors (Lipinski definition) is 1. The van der Waals surface area contributed by atoms with Gasteiger partial charge in [-0.05, 0) is 12.1 Å². The van der Waals surface area contributed by atoms with E-state index >= 15 is 0 Å². The van der Waals surface area contributed by atoms with Crippen LogP contribution in [0.25, 0.3) is 0 Å². The van der Waals surface area contributed by atoms with Crippen LogP contribution in [0.3, 0.4) is 0 Å². The molecule has 15 heavy (non-hydrogen) atoms. The number of rotatable bonds is 4. The van der Waals surface area contributed by atoms with Crippen molar-refractivity contribution in [1.29, 1.82) is 0 Å². The Morgan fingerprint density at radius 2 is 1.73 bits per heavy atom. The second-order valence-electron chi connectivity index (χ2n) is 3.13. The molecular weight excluding hydrogens is 212 g/mol. The fourth-order valence-electron chi connectivity index (χ4n) is 1.42. The normalized spacial score (nSPS) is 11.9. The molecule has 0 aliphatic rings. The molecule has 0 fully saturated rings. The third-order valence-corrected chi connectivity index (χ3v) is 4.37. The first-order valence-electron chi connectivity index (χ1n) is 4.88. The van der Waals surface area contributed by atoms with Crippen LogP contribution in [0.1, 0.15) is 13.8 Å². The first-order valence-corrected chi connectivity index (χ1v) is 6.32. The minimum absolute atomic E-state index is 0.189. The number of nitrogens with zero attached hydrogens (tertiary/aromatic N) is 1. The quantitative estimate of drug-likeness (QED) is 0.790. The van der Waals surface area contributed by atoms with Crippen LogP contribution in [0, 0.1) is 0 Å². The lowest BCUT2D eigenvalue weighted by Crippen LogP contribution is -2.31. The smallest absolute Gasteiger partial charge is 0.245 e. The van der Waals surface area contributed by atoms with E-state index in [9.17, 15) is 8.42 Å². The molecule has 5 heteroatoms. The summed E-state index contributed by atoms with van der Waals surface area (Å²) in [6.07, 6.45) is 0. The number of hydrogen-bond acceptors (Lipinski definition) is 3. The fourth-order valence-corrected chi connectivity index (χ4v) is 2.99. The molecule has 0 amide bonds. The van der Waals surface area contributed by atoms with Crippen molar-refractivity contribution >= 4 is 15.7 Å². The topological polar surface area (TPSA) is 63.4 Å². The second-order valence-corrected chi connectivity index (χ2v) is 5.03. The highest BCUT2D eigenvalue weighted by atomic mass is 32.2. The van der Waals surface area contributed by atoms with Crippen LogP contribution >= 0.6 is 0 Å². The van der Waals surface area contributed by atoms with Crippen LogP contribution < -0.4 is 5.73 Å². The van der Waals surface area contributed by atoms with Gasteiger partial charge in [-0.3, -0.25) is 0 Å². The van der Waals surface area contributed by atoms with Crippen LogP contribution in [0.15, 0.2) is 29.2 Å². The first kappa shape index (κ1) is 12.0. The summed E-state index contributed by atoms with van der Waals surface area (Å²) >= 11 is 0. The molecule has 0 aliphatic carbocycles. The standard InChI is InChI=1S/C10H16N2O2S/c1-3-12(4-2)15(13,14)10-8-6-5-7-9(10)11/h5-8H,3-4,11H2,1-2H3. The number of benzene rings is 1. The number of sulfonamides is 1. The highest BCUT2D eigenvalue weighted by Gasteiger charge is 2.23. The van der Waals surface area contributed by atoms with Crippen molar-refractivity contribution in [2.24, 2.45) is 0 Å². The molecule has 1 rings (SSSR count). The Morgan fingerprint density at radius 1 is 1.20 bits per heavy atom. The monoisotopic (exact) mass is 228 g/mol. The zero-order chi connectivity index (χ0) is 11.5. The highest BCUT2D eigenvalue weighted by Crippen LogP contribution is 2.21. The maximum Gasteiger partial charge on any atom is 0.245 e. The largest absolute Gasteiger partial charge is 0.398 e. The molecule has 0 atom stereocenters. The average Bonchev–Trinajstić information content (AvgIpc) is 2.19. The molecular formula is C10H16N2O2S. The number of nitrogen functional groups attached to an aromatic ring is 1. The maximum absolute atomic E-state index is 12.1. The van der Waals surface area contributed by atoms with Crippen molar-refractivity contribution in [1.82, 2.24) is 4.31 Å². The van der Waals surface area contributed by atoms with Crippen LogP contribution in [-0.4, -0.2) is 25.8 Å². The van der Waals surface area contributed by atoms with E-state index in [1.54, 1.807) is 32.0 Å². The molecule has 0 aliphatic heterocycles. The van der Waals surface area contributed by atoms with E-state index in [-0.39, 0.29) is 4.90 Å². The van der Waals surface area contributed by atoms with Gasteiger partial charge in [0.25, 0.3) is 0 Å². The predicted octanol–water partition coefficient (Wildman–Crippen LogP) is 1.30. The maximum atomic E-state index is 12.1. The summed E-state index contributed by atoms with van der Waals surface area (Å²) in [5.41, 5.74) is 5.94.